The van der Waals surface area contributed by atoms with E-state index in [1.165, 1.54) is 5.56 Å². The van der Waals surface area contributed by atoms with Gasteiger partial charge in [0, 0.05) is 38.2 Å². The van der Waals surface area contributed by atoms with E-state index in [-0.39, 0.29) is 11.3 Å². The van der Waals surface area contributed by atoms with Gasteiger partial charge < -0.3 is 9.80 Å². The lowest BCUT2D eigenvalue weighted by Crippen LogP contribution is -2.48. The number of hydrogen-bond donors (Lipinski definition) is 0. The number of rotatable bonds is 2. The van der Waals surface area contributed by atoms with Crippen molar-refractivity contribution in [2.75, 3.05) is 29.9 Å². The van der Waals surface area contributed by atoms with Gasteiger partial charge in [-0.15, -0.1) is 0 Å². The minimum absolute atomic E-state index is 0.227. The van der Waals surface area contributed by atoms with Crippen molar-refractivity contribution in [1.29, 1.82) is 0 Å². The molecule has 3 heterocycles. The Bertz CT molecular complexity index is 763. The summed E-state index contributed by atoms with van der Waals surface area (Å²) in [5.74, 6) is 1.000. The van der Waals surface area contributed by atoms with Crippen LogP contribution in [0.25, 0.3) is 0 Å². The Balaban J connectivity index is 1.58. The lowest BCUT2D eigenvalue weighted by Gasteiger charge is -2.38. The number of piperidine rings is 1. The van der Waals surface area contributed by atoms with E-state index in [9.17, 15) is 4.79 Å². The number of benzene rings is 1. The Kier molecular flexibility index (Phi) is 3.52. The fourth-order valence-electron chi connectivity index (χ4n) is 3.98. The van der Waals surface area contributed by atoms with Crippen molar-refractivity contribution < 1.29 is 4.79 Å². The number of carbonyl (C=O) groups excluding carboxylic acids is 1. The molecule has 24 heavy (non-hydrogen) atoms. The molecule has 1 spiro atoms. The molecular weight excluding hydrogens is 300 g/mol. The average molecular weight is 322 g/mol. The van der Waals surface area contributed by atoms with Crippen LogP contribution in [-0.2, 0) is 16.6 Å². The van der Waals surface area contributed by atoms with Gasteiger partial charge in [0.1, 0.15) is 0 Å². The summed E-state index contributed by atoms with van der Waals surface area (Å²) in [6.45, 7) is 3.71. The number of aromatic nitrogens is 2. The van der Waals surface area contributed by atoms with Crippen molar-refractivity contribution in [3.05, 3.63) is 47.8 Å². The number of likely N-dealkylation sites (N-methyl/N-ethyl adjacent to an activating group) is 1. The number of para-hydroxylation sites is 1. The number of fused-ring (bicyclic) bond motifs is 2. The fraction of sp³-hybridized carbons (Fsp3) is 0.421. The fourth-order valence-corrected chi connectivity index (χ4v) is 3.98. The Morgan fingerprint density at radius 2 is 1.79 bits per heavy atom. The van der Waals surface area contributed by atoms with Gasteiger partial charge in [-0.2, -0.15) is 0 Å². The van der Waals surface area contributed by atoms with Gasteiger partial charge in [-0.1, -0.05) is 25.1 Å². The maximum Gasteiger partial charge on any atom is 0.237 e. The first-order valence-electron chi connectivity index (χ1n) is 8.59. The van der Waals surface area contributed by atoms with Crippen LogP contribution < -0.4 is 9.80 Å². The molecule has 4 rings (SSSR count). The summed E-state index contributed by atoms with van der Waals surface area (Å²) < 4.78 is 0. The van der Waals surface area contributed by atoms with Gasteiger partial charge in [0.25, 0.3) is 0 Å². The van der Waals surface area contributed by atoms with E-state index < -0.39 is 0 Å². The SMILES string of the molecule is CCc1cnc(N2CCC3(CC2)C(=O)N(C)c2ccccc23)nc1. The number of nitrogens with zero attached hydrogens (tertiary/aromatic N) is 4. The van der Waals surface area contributed by atoms with Gasteiger partial charge >= 0.3 is 0 Å². The second-order valence-electron chi connectivity index (χ2n) is 6.70. The highest BCUT2D eigenvalue weighted by Crippen LogP contribution is 2.47. The first kappa shape index (κ1) is 15.1. The molecule has 0 radical (unpaired) electrons. The largest absolute Gasteiger partial charge is 0.341 e. The highest BCUT2D eigenvalue weighted by molar-refractivity contribution is 6.07. The van der Waals surface area contributed by atoms with Crippen LogP contribution in [0.5, 0.6) is 0 Å². The molecule has 124 valence electrons. The van der Waals surface area contributed by atoms with Gasteiger partial charge in [-0.3, -0.25) is 4.79 Å². The van der Waals surface area contributed by atoms with Crippen molar-refractivity contribution >= 4 is 17.5 Å². The second-order valence-corrected chi connectivity index (χ2v) is 6.70. The number of aryl methyl sites for hydroxylation is 1. The van der Waals surface area contributed by atoms with Crippen LogP contribution in [0.1, 0.15) is 30.9 Å². The summed E-state index contributed by atoms with van der Waals surface area (Å²) in [6.07, 6.45) is 6.37. The molecule has 1 saturated heterocycles. The zero-order valence-electron chi connectivity index (χ0n) is 14.2. The molecule has 0 N–H and O–H groups in total. The molecule has 1 fully saturated rings. The third kappa shape index (κ3) is 2.11. The summed E-state index contributed by atoms with van der Waals surface area (Å²) >= 11 is 0. The van der Waals surface area contributed by atoms with E-state index in [2.05, 4.69) is 27.9 Å². The summed E-state index contributed by atoms with van der Waals surface area (Å²) in [7, 11) is 1.88. The lowest BCUT2D eigenvalue weighted by molar-refractivity contribution is -0.123. The monoisotopic (exact) mass is 322 g/mol. The molecule has 0 aliphatic carbocycles. The van der Waals surface area contributed by atoms with Gasteiger partial charge in [-0.05, 0) is 36.5 Å². The minimum Gasteiger partial charge on any atom is -0.341 e. The number of carbonyl (C=O) groups is 1. The number of anilines is 2. The molecule has 2 aromatic rings. The Labute approximate surface area is 142 Å². The molecular formula is C19H22N4O. The average Bonchev–Trinajstić information content (AvgIpc) is 2.85. The van der Waals surface area contributed by atoms with Crippen molar-refractivity contribution in [3.63, 3.8) is 0 Å². The van der Waals surface area contributed by atoms with Crippen LogP contribution in [0.2, 0.25) is 0 Å². The highest BCUT2D eigenvalue weighted by Gasteiger charge is 2.50. The molecule has 1 amide bonds. The van der Waals surface area contributed by atoms with Crippen molar-refractivity contribution in [2.24, 2.45) is 0 Å². The first-order chi connectivity index (χ1) is 11.7. The summed E-state index contributed by atoms with van der Waals surface area (Å²) in [5, 5.41) is 0. The summed E-state index contributed by atoms with van der Waals surface area (Å²) in [6, 6.07) is 8.19. The van der Waals surface area contributed by atoms with E-state index in [0.29, 0.717) is 0 Å². The molecule has 1 aromatic heterocycles. The predicted molar refractivity (Wildman–Crippen MR) is 94.4 cm³/mol. The first-order valence-corrected chi connectivity index (χ1v) is 8.59. The molecule has 0 bridgehead atoms. The molecule has 5 nitrogen and oxygen atoms in total. The third-order valence-electron chi connectivity index (χ3n) is 5.49. The number of hydrogen-bond acceptors (Lipinski definition) is 4. The smallest absolute Gasteiger partial charge is 0.237 e. The summed E-state index contributed by atoms with van der Waals surface area (Å²) in [4.78, 5) is 25.9. The Hall–Kier alpha value is -2.43. The molecule has 2 aliphatic rings. The third-order valence-corrected chi connectivity index (χ3v) is 5.49. The van der Waals surface area contributed by atoms with Crippen LogP contribution in [0.3, 0.4) is 0 Å². The lowest BCUT2D eigenvalue weighted by atomic mass is 9.73. The maximum atomic E-state index is 12.9. The molecule has 0 atom stereocenters. The van der Waals surface area contributed by atoms with Gasteiger partial charge in [0.15, 0.2) is 0 Å². The van der Waals surface area contributed by atoms with Crippen LogP contribution >= 0.6 is 0 Å². The molecule has 0 saturated carbocycles. The van der Waals surface area contributed by atoms with Gasteiger partial charge in [-0.25, -0.2) is 9.97 Å². The standard InChI is InChI=1S/C19H22N4O/c1-3-14-12-20-18(21-13-14)23-10-8-19(9-11-23)15-6-4-5-7-16(15)22(2)17(19)24/h4-7,12-13H,3,8-11H2,1-2H3. The van der Waals surface area contributed by atoms with Crippen LogP contribution in [-0.4, -0.2) is 36.0 Å². The van der Waals surface area contributed by atoms with E-state index in [1.807, 2.05) is 42.5 Å². The zero-order valence-corrected chi connectivity index (χ0v) is 14.2. The minimum atomic E-state index is -0.370. The second kappa shape index (κ2) is 5.58. The van der Waals surface area contributed by atoms with E-state index >= 15 is 0 Å². The molecule has 0 unspecified atom stereocenters. The van der Waals surface area contributed by atoms with E-state index in [1.54, 1.807) is 0 Å². The zero-order chi connectivity index (χ0) is 16.7. The predicted octanol–water partition coefficient (Wildman–Crippen LogP) is 2.55. The van der Waals surface area contributed by atoms with E-state index in [4.69, 9.17) is 0 Å². The normalized spacial score (nSPS) is 19.0. The molecule has 1 aromatic carbocycles. The number of amides is 1. The van der Waals surface area contributed by atoms with E-state index in [0.717, 1.165) is 49.6 Å². The van der Waals surface area contributed by atoms with Crippen LogP contribution in [0.15, 0.2) is 36.7 Å². The molecule has 2 aliphatic heterocycles. The van der Waals surface area contributed by atoms with Crippen molar-refractivity contribution in [2.45, 2.75) is 31.6 Å². The molecule has 5 heteroatoms. The quantitative estimate of drug-likeness (QED) is 0.852. The maximum absolute atomic E-state index is 12.9. The highest BCUT2D eigenvalue weighted by atomic mass is 16.2. The Morgan fingerprint density at radius 1 is 1.12 bits per heavy atom. The van der Waals surface area contributed by atoms with Gasteiger partial charge in [0.05, 0.1) is 5.41 Å². The summed E-state index contributed by atoms with van der Waals surface area (Å²) in [5.41, 5.74) is 3.01. The topological polar surface area (TPSA) is 49.3 Å². The Morgan fingerprint density at radius 3 is 2.46 bits per heavy atom. The van der Waals surface area contributed by atoms with Crippen LogP contribution in [0.4, 0.5) is 11.6 Å². The van der Waals surface area contributed by atoms with Crippen molar-refractivity contribution in [1.82, 2.24) is 9.97 Å². The van der Waals surface area contributed by atoms with Crippen molar-refractivity contribution in [3.8, 4) is 0 Å². The van der Waals surface area contributed by atoms with Crippen LogP contribution in [0, 0.1) is 0 Å². The van der Waals surface area contributed by atoms with Gasteiger partial charge in [0.2, 0.25) is 11.9 Å².